The van der Waals surface area contributed by atoms with Crippen LogP contribution in [0.3, 0.4) is 0 Å². The maximum absolute atomic E-state index is 13.2. The maximum atomic E-state index is 13.2. The highest BCUT2D eigenvalue weighted by Crippen LogP contribution is 2.56. The molecule has 3 atom stereocenters. The number of benzene rings is 2. The van der Waals surface area contributed by atoms with Crippen molar-refractivity contribution in [3.63, 3.8) is 0 Å². The third kappa shape index (κ3) is 5.34. The van der Waals surface area contributed by atoms with Gasteiger partial charge in [-0.05, 0) is 48.1 Å². The molecule has 0 radical (unpaired) electrons. The van der Waals surface area contributed by atoms with Gasteiger partial charge in [-0.2, -0.15) is 0 Å². The molecule has 4 N–H and O–H groups in total. The van der Waals surface area contributed by atoms with E-state index in [-0.39, 0.29) is 22.0 Å². The van der Waals surface area contributed by atoms with Gasteiger partial charge in [0.25, 0.3) is 5.91 Å². The van der Waals surface area contributed by atoms with Gasteiger partial charge in [-0.3, -0.25) is 14.4 Å². The normalized spacial score (nSPS) is 21.4. The molecule has 10 heteroatoms. The van der Waals surface area contributed by atoms with Crippen LogP contribution in [0.15, 0.2) is 42.5 Å². The number of halogens is 2. The van der Waals surface area contributed by atoms with Gasteiger partial charge in [0.2, 0.25) is 5.91 Å². The summed E-state index contributed by atoms with van der Waals surface area (Å²) in [7, 11) is 0. The Morgan fingerprint density at radius 3 is 2.08 bits per heavy atom. The molecule has 1 saturated carbocycles. The first kappa shape index (κ1) is 27.5. The minimum absolute atomic E-state index is 0.00447. The summed E-state index contributed by atoms with van der Waals surface area (Å²) >= 11 is 12.2. The highest BCUT2D eigenvalue weighted by atomic mass is 35.5. The average molecular weight is 535 g/mol. The first-order valence-corrected chi connectivity index (χ1v) is 12.1. The van der Waals surface area contributed by atoms with Crippen molar-refractivity contribution in [1.29, 1.82) is 0 Å². The molecule has 2 amide bonds. The second-order valence-corrected chi connectivity index (χ2v) is 10.6. The molecular weight excluding hydrogens is 507 g/mol. The molecule has 0 aliphatic heterocycles. The van der Waals surface area contributed by atoms with Gasteiger partial charge in [-0.15, -0.1) is 0 Å². The first-order valence-electron chi connectivity index (χ1n) is 11.4. The molecule has 1 aliphatic carbocycles. The topological polar surface area (TPSA) is 133 Å². The van der Waals surface area contributed by atoms with Crippen molar-refractivity contribution in [2.45, 2.75) is 46.1 Å². The molecule has 36 heavy (non-hydrogen) atoms. The van der Waals surface area contributed by atoms with Gasteiger partial charge in [-0.25, -0.2) is 4.79 Å². The number of amides is 2. The molecule has 2 aromatic carbocycles. The number of carboxylic acids is 2. The highest BCUT2D eigenvalue weighted by Gasteiger charge is 2.58. The second-order valence-electron chi connectivity index (χ2n) is 9.80. The van der Waals surface area contributed by atoms with Crippen molar-refractivity contribution < 1.29 is 29.4 Å². The van der Waals surface area contributed by atoms with E-state index < -0.39 is 46.5 Å². The summed E-state index contributed by atoms with van der Waals surface area (Å²) in [5.74, 6) is -3.83. The van der Waals surface area contributed by atoms with E-state index in [0.29, 0.717) is 24.1 Å². The predicted molar refractivity (Wildman–Crippen MR) is 136 cm³/mol. The molecular formula is C26H28Cl2N2O6. The maximum Gasteiger partial charge on any atom is 0.326 e. The zero-order valence-corrected chi connectivity index (χ0v) is 21.6. The molecule has 3 rings (SSSR count). The minimum atomic E-state index is -1.21. The number of carboxylic acid groups (broad SMARTS) is 2. The first-order chi connectivity index (χ1) is 16.8. The molecule has 0 unspecified atom stereocenters. The van der Waals surface area contributed by atoms with E-state index in [1.807, 2.05) is 0 Å². The van der Waals surface area contributed by atoms with Gasteiger partial charge >= 0.3 is 11.9 Å². The van der Waals surface area contributed by atoms with Crippen LogP contribution in [0.4, 0.5) is 5.69 Å². The number of carbonyl (C=O) groups is 4. The molecule has 0 heterocycles. The van der Waals surface area contributed by atoms with Crippen LogP contribution in [0.1, 0.15) is 49.5 Å². The molecule has 2 aromatic rings. The molecule has 0 spiro atoms. The monoisotopic (exact) mass is 534 g/mol. The number of carbonyl (C=O) groups excluding carboxylic acids is 2. The lowest BCUT2D eigenvalue weighted by molar-refractivity contribution is -0.151. The average Bonchev–Trinajstić information content (AvgIpc) is 3.04. The molecule has 192 valence electrons. The Hall–Kier alpha value is -3.10. The van der Waals surface area contributed by atoms with E-state index in [1.165, 1.54) is 0 Å². The summed E-state index contributed by atoms with van der Waals surface area (Å²) in [6.07, 6.45) is 0.695. The second kappa shape index (κ2) is 10.5. The number of aliphatic carboxylic acids is 2. The zero-order valence-electron chi connectivity index (χ0n) is 20.1. The molecule has 1 aliphatic rings. The third-order valence-corrected chi connectivity index (χ3v) is 8.10. The summed E-state index contributed by atoms with van der Waals surface area (Å²) in [4.78, 5) is 49.3. The van der Waals surface area contributed by atoms with Crippen molar-refractivity contribution in [1.82, 2.24) is 5.32 Å². The highest BCUT2D eigenvalue weighted by molar-refractivity contribution is 6.40. The van der Waals surface area contributed by atoms with Crippen molar-refractivity contribution in [2.24, 2.45) is 16.7 Å². The van der Waals surface area contributed by atoms with Crippen LogP contribution in [-0.2, 0) is 20.8 Å². The Kier molecular flexibility index (Phi) is 8.00. The van der Waals surface area contributed by atoms with Gasteiger partial charge in [0.1, 0.15) is 6.04 Å². The Balaban J connectivity index is 1.70. The zero-order chi connectivity index (χ0) is 26.8. The van der Waals surface area contributed by atoms with Crippen LogP contribution in [0.5, 0.6) is 0 Å². The lowest BCUT2D eigenvalue weighted by atomic mass is 9.65. The SMILES string of the molecule is CC1(C)[C@@H](C(=O)O)CC[C@@]1(C)C(=O)N[C@H](Cc1ccc(NC(=O)c2c(Cl)cccc2Cl)cc1)C(=O)O. The Bertz CT molecular complexity index is 1180. The fourth-order valence-corrected chi connectivity index (χ4v) is 5.29. The van der Waals surface area contributed by atoms with E-state index in [2.05, 4.69) is 10.6 Å². The van der Waals surface area contributed by atoms with Crippen LogP contribution < -0.4 is 10.6 Å². The van der Waals surface area contributed by atoms with Crippen LogP contribution >= 0.6 is 23.2 Å². The molecule has 0 saturated heterocycles. The standard InChI is InChI=1S/C26H28Cl2N2O6/c1-25(2)16(22(32)33)11-12-26(25,3)24(36)30-19(23(34)35)13-14-7-9-15(10-8-14)29-21(31)20-17(27)5-4-6-18(20)28/h4-10,16,19H,11-13H2,1-3H3,(H,29,31)(H,30,36)(H,32,33)(H,34,35)/t16-,19-,26+/m1/s1. The van der Waals surface area contributed by atoms with E-state index in [4.69, 9.17) is 23.2 Å². The Morgan fingerprint density at radius 1 is 1.00 bits per heavy atom. The Morgan fingerprint density at radius 2 is 1.58 bits per heavy atom. The predicted octanol–water partition coefficient (Wildman–Crippen LogP) is 4.88. The van der Waals surface area contributed by atoms with Gasteiger partial charge in [0.15, 0.2) is 0 Å². The number of anilines is 1. The lowest BCUT2D eigenvalue weighted by Crippen LogP contribution is -2.53. The van der Waals surface area contributed by atoms with Gasteiger partial charge in [-0.1, -0.05) is 62.2 Å². The summed E-state index contributed by atoms with van der Waals surface area (Å²) in [5, 5.41) is 25.0. The van der Waals surface area contributed by atoms with E-state index in [0.717, 1.165) is 0 Å². The fraction of sp³-hybridized carbons (Fsp3) is 0.385. The molecule has 1 fully saturated rings. The van der Waals surface area contributed by atoms with Crippen LogP contribution in [-0.4, -0.2) is 40.0 Å². The van der Waals surface area contributed by atoms with E-state index in [9.17, 15) is 29.4 Å². The van der Waals surface area contributed by atoms with E-state index in [1.54, 1.807) is 63.2 Å². The van der Waals surface area contributed by atoms with Gasteiger partial charge in [0.05, 0.1) is 26.9 Å². The van der Waals surface area contributed by atoms with E-state index >= 15 is 0 Å². The van der Waals surface area contributed by atoms with Gasteiger partial charge < -0.3 is 20.8 Å². The quantitative estimate of drug-likeness (QED) is 0.381. The van der Waals surface area contributed by atoms with Crippen LogP contribution in [0, 0.1) is 16.7 Å². The minimum Gasteiger partial charge on any atom is -0.481 e. The van der Waals surface area contributed by atoms with Crippen molar-refractivity contribution in [3.05, 3.63) is 63.6 Å². The molecule has 0 aromatic heterocycles. The molecule has 8 nitrogen and oxygen atoms in total. The van der Waals surface area contributed by atoms with Crippen molar-refractivity contribution in [3.8, 4) is 0 Å². The summed E-state index contributed by atoms with van der Waals surface area (Å²) in [6.45, 7) is 5.15. The Labute approximate surface area is 219 Å². The number of hydrogen-bond acceptors (Lipinski definition) is 4. The summed E-state index contributed by atoms with van der Waals surface area (Å²) < 4.78 is 0. The number of nitrogens with one attached hydrogen (secondary N) is 2. The number of hydrogen-bond donors (Lipinski definition) is 4. The van der Waals surface area contributed by atoms with Crippen LogP contribution in [0.2, 0.25) is 10.0 Å². The summed E-state index contributed by atoms with van der Waals surface area (Å²) in [6, 6.07) is 10.0. The number of rotatable bonds is 8. The smallest absolute Gasteiger partial charge is 0.326 e. The van der Waals surface area contributed by atoms with Gasteiger partial charge in [0, 0.05) is 12.1 Å². The fourth-order valence-electron chi connectivity index (χ4n) is 4.72. The lowest BCUT2D eigenvalue weighted by Gasteiger charge is -2.39. The van der Waals surface area contributed by atoms with Crippen molar-refractivity contribution in [2.75, 3.05) is 5.32 Å². The summed E-state index contributed by atoms with van der Waals surface area (Å²) in [5.41, 5.74) is -0.660. The molecule has 0 bridgehead atoms. The third-order valence-electron chi connectivity index (χ3n) is 7.47. The van der Waals surface area contributed by atoms with Crippen LogP contribution in [0.25, 0.3) is 0 Å². The largest absolute Gasteiger partial charge is 0.481 e. The van der Waals surface area contributed by atoms with Crippen molar-refractivity contribution >= 4 is 52.6 Å².